The summed E-state index contributed by atoms with van der Waals surface area (Å²) < 4.78 is 22.7. The van der Waals surface area contributed by atoms with Gasteiger partial charge in [-0.1, -0.05) is 24.4 Å². The number of rotatable bonds is 4. The standard InChI is InChI=1S/C14H18N2O3S/c1-10-12(7-8-18-10)20(17)9-13-15-14(19-16-13)11-5-3-2-4-6-11/h7-8,11H,2-6,9H2,1H3/t20-/m0/s1. The van der Waals surface area contributed by atoms with Gasteiger partial charge in [0.2, 0.25) is 5.89 Å². The Balaban J connectivity index is 1.68. The van der Waals surface area contributed by atoms with E-state index in [4.69, 9.17) is 8.94 Å². The molecule has 0 aromatic carbocycles. The van der Waals surface area contributed by atoms with E-state index in [1.807, 2.05) is 0 Å². The van der Waals surface area contributed by atoms with Gasteiger partial charge in [0.1, 0.15) is 5.76 Å². The Hall–Kier alpha value is -1.43. The number of aryl methyl sites for hydroxylation is 1. The van der Waals surface area contributed by atoms with E-state index in [9.17, 15) is 4.21 Å². The average Bonchev–Trinajstić information content (AvgIpc) is 3.09. The summed E-state index contributed by atoms with van der Waals surface area (Å²) in [6.07, 6.45) is 7.52. The van der Waals surface area contributed by atoms with Crippen LogP contribution in [-0.4, -0.2) is 14.3 Å². The molecular weight excluding hydrogens is 276 g/mol. The predicted octanol–water partition coefficient (Wildman–Crippen LogP) is 3.33. The van der Waals surface area contributed by atoms with Crippen molar-refractivity contribution in [2.75, 3.05) is 0 Å². The Morgan fingerprint density at radius 2 is 2.15 bits per heavy atom. The summed E-state index contributed by atoms with van der Waals surface area (Å²) in [5, 5.41) is 3.96. The zero-order valence-corrected chi connectivity index (χ0v) is 12.3. The Morgan fingerprint density at radius 3 is 2.85 bits per heavy atom. The predicted molar refractivity (Wildman–Crippen MR) is 73.7 cm³/mol. The summed E-state index contributed by atoms with van der Waals surface area (Å²) in [6, 6.07) is 1.73. The molecular formula is C14H18N2O3S. The van der Waals surface area contributed by atoms with Crippen LogP contribution in [0, 0.1) is 6.92 Å². The molecule has 0 saturated heterocycles. The molecule has 1 fully saturated rings. The van der Waals surface area contributed by atoms with Gasteiger partial charge in [0.15, 0.2) is 5.82 Å². The molecule has 108 valence electrons. The van der Waals surface area contributed by atoms with Gasteiger partial charge in [-0.15, -0.1) is 0 Å². The van der Waals surface area contributed by atoms with Crippen LogP contribution in [0.5, 0.6) is 0 Å². The van der Waals surface area contributed by atoms with E-state index in [0.29, 0.717) is 28.3 Å². The van der Waals surface area contributed by atoms with Gasteiger partial charge in [0.05, 0.1) is 27.7 Å². The van der Waals surface area contributed by atoms with Crippen LogP contribution in [0.25, 0.3) is 0 Å². The third-order valence-electron chi connectivity index (χ3n) is 3.75. The number of aromatic nitrogens is 2. The van der Waals surface area contributed by atoms with Crippen LogP contribution < -0.4 is 0 Å². The molecule has 0 N–H and O–H groups in total. The first-order valence-corrected chi connectivity index (χ1v) is 8.31. The molecule has 2 aromatic rings. The fourth-order valence-corrected chi connectivity index (χ4v) is 3.73. The van der Waals surface area contributed by atoms with Gasteiger partial charge in [-0.05, 0) is 25.8 Å². The molecule has 0 amide bonds. The van der Waals surface area contributed by atoms with Crippen LogP contribution in [0.15, 0.2) is 26.2 Å². The zero-order valence-electron chi connectivity index (χ0n) is 11.5. The van der Waals surface area contributed by atoms with Crippen LogP contribution in [0.1, 0.15) is 55.5 Å². The van der Waals surface area contributed by atoms with Crippen LogP contribution in [-0.2, 0) is 16.6 Å². The van der Waals surface area contributed by atoms with Crippen molar-refractivity contribution in [3.05, 3.63) is 29.8 Å². The first-order chi connectivity index (χ1) is 9.74. The quantitative estimate of drug-likeness (QED) is 0.865. The van der Waals surface area contributed by atoms with Crippen LogP contribution in [0.3, 0.4) is 0 Å². The van der Waals surface area contributed by atoms with Gasteiger partial charge in [0.25, 0.3) is 0 Å². The minimum atomic E-state index is -1.19. The second-order valence-corrected chi connectivity index (χ2v) is 6.63. The SMILES string of the molecule is Cc1occc1[S@@](=O)Cc1noc(C2CCCCC2)n1. The molecule has 2 aromatic heterocycles. The summed E-state index contributed by atoms with van der Waals surface area (Å²) in [4.78, 5) is 5.11. The first-order valence-electron chi connectivity index (χ1n) is 6.99. The van der Waals surface area contributed by atoms with Crippen LogP contribution >= 0.6 is 0 Å². The van der Waals surface area contributed by atoms with Crippen LogP contribution in [0.4, 0.5) is 0 Å². The van der Waals surface area contributed by atoms with E-state index in [2.05, 4.69) is 10.1 Å². The second kappa shape index (κ2) is 5.91. The fraction of sp³-hybridized carbons (Fsp3) is 0.571. The smallest absolute Gasteiger partial charge is 0.229 e. The van der Waals surface area contributed by atoms with E-state index in [1.165, 1.54) is 19.3 Å². The minimum absolute atomic E-state index is 0.274. The second-order valence-electron chi connectivity index (χ2n) is 5.21. The number of nitrogens with zero attached hydrogens (tertiary/aromatic N) is 2. The molecule has 0 aliphatic heterocycles. The van der Waals surface area contributed by atoms with Crippen molar-refractivity contribution >= 4 is 10.8 Å². The molecule has 1 aliphatic rings. The monoisotopic (exact) mass is 294 g/mol. The lowest BCUT2D eigenvalue weighted by atomic mass is 9.89. The molecule has 20 heavy (non-hydrogen) atoms. The first kappa shape index (κ1) is 13.5. The highest BCUT2D eigenvalue weighted by atomic mass is 32.2. The Kier molecular flexibility index (Phi) is 4.00. The Labute approximate surface area is 120 Å². The maximum absolute atomic E-state index is 12.2. The molecule has 1 atom stereocenters. The third-order valence-corrected chi connectivity index (χ3v) is 5.19. The molecule has 2 heterocycles. The number of hydrogen-bond acceptors (Lipinski definition) is 5. The van der Waals surface area contributed by atoms with Gasteiger partial charge < -0.3 is 8.94 Å². The lowest BCUT2D eigenvalue weighted by Crippen LogP contribution is -2.05. The molecule has 0 spiro atoms. The van der Waals surface area contributed by atoms with Crippen molar-refractivity contribution in [2.45, 2.75) is 55.6 Å². The largest absolute Gasteiger partial charge is 0.468 e. The van der Waals surface area contributed by atoms with E-state index in [0.717, 1.165) is 12.8 Å². The molecule has 1 aliphatic carbocycles. The van der Waals surface area contributed by atoms with Crippen molar-refractivity contribution in [3.63, 3.8) is 0 Å². The third kappa shape index (κ3) is 2.85. The minimum Gasteiger partial charge on any atom is -0.468 e. The van der Waals surface area contributed by atoms with Crippen molar-refractivity contribution in [2.24, 2.45) is 0 Å². The van der Waals surface area contributed by atoms with Crippen molar-refractivity contribution < 1.29 is 13.1 Å². The number of hydrogen-bond donors (Lipinski definition) is 0. The van der Waals surface area contributed by atoms with Crippen molar-refractivity contribution in [1.82, 2.24) is 10.1 Å². The topological polar surface area (TPSA) is 69.1 Å². The summed E-state index contributed by atoms with van der Waals surface area (Å²) in [6.45, 7) is 1.80. The molecule has 3 rings (SSSR count). The summed E-state index contributed by atoms with van der Waals surface area (Å²) in [5.74, 6) is 2.56. The fourth-order valence-electron chi connectivity index (χ4n) is 2.65. The Morgan fingerprint density at radius 1 is 1.35 bits per heavy atom. The van der Waals surface area contributed by atoms with Crippen molar-refractivity contribution in [3.8, 4) is 0 Å². The maximum Gasteiger partial charge on any atom is 0.229 e. The highest BCUT2D eigenvalue weighted by Crippen LogP contribution is 2.31. The number of furan rings is 1. The van der Waals surface area contributed by atoms with Gasteiger partial charge in [-0.2, -0.15) is 4.98 Å². The lowest BCUT2D eigenvalue weighted by Gasteiger charge is -2.17. The van der Waals surface area contributed by atoms with Gasteiger partial charge in [-0.3, -0.25) is 4.21 Å². The van der Waals surface area contributed by atoms with Gasteiger partial charge in [0, 0.05) is 5.92 Å². The van der Waals surface area contributed by atoms with Gasteiger partial charge >= 0.3 is 0 Å². The zero-order chi connectivity index (χ0) is 13.9. The molecule has 5 nitrogen and oxygen atoms in total. The molecule has 0 unspecified atom stereocenters. The Bertz CT molecular complexity index is 599. The highest BCUT2D eigenvalue weighted by Gasteiger charge is 2.22. The molecule has 0 radical (unpaired) electrons. The maximum atomic E-state index is 12.2. The van der Waals surface area contributed by atoms with Crippen molar-refractivity contribution in [1.29, 1.82) is 0 Å². The molecule has 0 bridgehead atoms. The molecule has 6 heteroatoms. The summed E-state index contributed by atoms with van der Waals surface area (Å²) in [5.41, 5.74) is 0. The average molecular weight is 294 g/mol. The van der Waals surface area contributed by atoms with Crippen LogP contribution in [0.2, 0.25) is 0 Å². The summed E-state index contributed by atoms with van der Waals surface area (Å²) in [7, 11) is -1.19. The molecule has 1 saturated carbocycles. The van der Waals surface area contributed by atoms with Gasteiger partial charge in [-0.25, -0.2) is 0 Å². The summed E-state index contributed by atoms with van der Waals surface area (Å²) >= 11 is 0. The van der Waals surface area contributed by atoms with E-state index >= 15 is 0 Å². The normalized spacial score (nSPS) is 18.2. The highest BCUT2D eigenvalue weighted by molar-refractivity contribution is 7.84. The van der Waals surface area contributed by atoms with E-state index in [1.54, 1.807) is 19.3 Å². The van der Waals surface area contributed by atoms with E-state index in [-0.39, 0.29) is 5.75 Å². The lowest BCUT2D eigenvalue weighted by molar-refractivity contribution is 0.312. The van der Waals surface area contributed by atoms with E-state index < -0.39 is 10.8 Å².